The topological polar surface area (TPSA) is 55.6 Å². The molecule has 21 heavy (non-hydrogen) atoms. The van der Waals surface area contributed by atoms with Crippen molar-refractivity contribution in [3.8, 4) is 5.69 Å². The van der Waals surface area contributed by atoms with Crippen molar-refractivity contribution < 1.29 is 0 Å². The highest BCUT2D eigenvalue weighted by atomic mass is 15.5. The van der Waals surface area contributed by atoms with Crippen molar-refractivity contribution in [1.82, 2.24) is 20.2 Å². The molecule has 0 aliphatic heterocycles. The van der Waals surface area contributed by atoms with Crippen LogP contribution < -0.4 is 5.32 Å². The predicted molar refractivity (Wildman–Crippen MR) is 85.7 cm³/mol. The number of rotatable bonds is 7. The van der Waals surface area contributed by atoms with E-state index in [-0.39, 0.29) is 0 Å². The first-order valence-corrected chi connectivity index (χ1v) is 7.74. The number of aryl methyl sites for hydroxylation is 1. The van der Waals surface area contributed by atoms with Gasteiger partial charge in [-0.25, -0.2) is 4.68 Å². The molecule has 1 aromatic carbocycles. The van der Waals surface area contributed by atoms with Gasteiger partial charge in [0.15, 0.2) is 0 Å². The van der Waals surface area contributed by atoms with E-state index < -0.39 is 0 Å². The van der Waals surface area contributed by atoms with Gasteiger partial charge in [0.25, 0.3) is 0 Å². The monoisotopic (exact) mass is 287 g/mol. The zero-order chi connectivity index (χ0) is 15.2. The second-order valence-electron chi connectivity index (χ2n) is 5.75. The molecule has 1 N–H and O–H groups in total. The maximum absolute atomic E-state index is 3.95. The van der Waals surface area contributed by atoms with E-state index in [1.54, 1.807) is 11.0 Å². The quantitative estimate of drug-likeness (QED) is 0.845. The largest absolute Gasteiger partial charge is 0.382 e. The van der Waals surface area contributed by atoms with E-state index in [1.165, 1.54) is 18.4 Å². The van der Waals surface area contributed by atoms with Gasteiger partial charge in [0.05, 0.1) is 5.69 Å². The highest BCUT2D eigenvalue weighted by Gasteiger charge is 2.12. The molecule has 5 heteroatoms. The molecule has 2 unspecified atom stereocenters. The van der Waals surface area contributed by atoms with Gasteiger partial charge in [-0.2, -0.15) is 0 Å². The summed E-state index contributed by atoms with van der Waals surface area (Å²) >= 11 is 0. The molecule has 0 aliphatic carbocycles. The highest BCUT2D eigenvalue weighted by Crippen LogP contribution is 2.23. The number of hydrogen-bond donors (Lipinski definition) is 1. The van der Waals surface area contributed by atoms with Crippen LogP contribution in [-0.2, 0) is 0 Å². The summed E-state index contributed by atoms with van der Waals surface area (Å²) in [6, 6.07) is 6.76. The lowest BCUT2D eigenvalue weighted by atomic mass is 9.97. The van der Waals surface area contributed by atoms with E-state index in [2.05, 4.69) is 60.7 Å². The van der Waals surface area contributed by atoms with Crippen molar-refractivity contribution in [3.63, 3.8) is 0 Å². The average molecular weight is 287 g/mol. The van der Waals surface area contributed by atoms with Gasteiger partial charge in [0, 0.05) is 11.7 Å². The number of nitrogens with zero attached hydrogens (tertiary/aromatic N) is 4. The molecule has 2 aromatic rings. The molecule has 0 radical (unpaired) electrons. The zero-order valence-corrected chi connectivity index (χ0v) is 13.4. The van der Waals surface area contributed by atoms with E-state index in [4.69, 9.17) is 0 Å². The third-order valence-corrected chi connectivity index (χ3v) is 4.07. The smallest absolute Gasteiger partial charge is 0.143 e. The van der Waals surface area contributed by atoms with Gasteiger partial charge in [0.1, 0.15) is 6.33 Å². The van der Waals surface area contributed by atoms with Crippen molar-refractivity contribution in [2.75, 3.05) is 5.32 Å². The normalized spacial score (nSPS) is 13.9. The summed E-state index contributed by atoms with van der Waals surface area (Å²) in [5.74, 6) is 0.741. The number of anilines is 1. The first-order valence-electron chi connectivity index (χ1n) is 7.74. The molecule has 5 nitrogen and oxygen atoms in total. The Morgan fingerprint density at radius 2 is 2.05 bits per heavy atom. The predicted octanol–water partition coefficient (Wildman–Crippen LogP) is 3.60. The van der Waals surface area contributed by atoms with Crippen LogP contribution in [0.3, 0.4) is 0 Å². The van der Waals surface area contributed by atoms with Crippen LogP contribution in [0, 0.1) is 12.8 Å². The molecule has 0 amide bonds. The first-order chi connectivity index (χ1) is 10.1. The Balaban J connectivity index is 2.16. The molecular weight excluding hydrogens is 262 g/mol. The van der Waals surface area contributed by atoms with Crippen molar-refractivity contribution in [2.45, 2.75) is 53.0 Å². The van der Waals surface area contributed by atoms with E-state index in [0.29, 0.717) is 6.04 Å². The summed E-state index contributed by atoms with van der Waals surface area (Å²) < 4.78 is 1.68. The number of aromatic nitrogens is 4. The lowest BCUT2D eigenvalue weighted by Gasteiger charge is -2.23. The molecule has 0 fully saturated rings. The van der Waals surface area contributed by atoms with Gasteiger partial charge in [-0.3, -0.25) is 0 Å². The average Bonchev–Trinajstić information content (AvgIpc) is 3.02. The molecule has 1 heterocycles. The molecule has 0 saturated heterocycles. The minimum absolute atomic E-state index is 0.503. The van der Waals surface area contributed by atoms with E-state index in [9.17, 15) is 0 Å². The maximum Gasteiger partial charge on any atom is 0.143 e. The van der Waals surface area contributed by atoms with Crippen molar-refractivity contribution in [3.05, 3.63) is 30.1 Å². The fraction of sp³-hybridized carbons (Fsp3) is 0.562. The number of benzene rings is 1. The number of tetrazole rings is 1. The van der Waals surface area contributed by atoms with Gasteiger partial charge in [-0.1, -0.05) is 33.3 Å². The van der Waals surface area contributed by atoms with Crippen LogP contribution in [-0.4, -0.2) is 26.2 Å². The van der Waals surface area contributed by atoms with Crippen molar-refractivity contribution in [1.29, 1.82) is 0 Å². The molecular formula is C16H25N5. The van der Waals surface area contributed by atoms with E-state index in [1.807, 2.05) is 6.07 Å². The fourth-order valence-electron chi connectivity index (χ4n) is 2.39. The van der Waals surface area contributed by atoms with Crippen molar-refractivity contribution in [2.24, 2.45) is 5.92 Å². The molecule has 2 rings (SSSR count). The van der Waals surface area contributed by atoms with E-state index in [0.717, 1.165) is 23.7 Å². The number of nitrogens with one attached hydrogen (secondary N) is 1. The molecule has 0 bridgehead atoms. The van der Waals surface area contributed by atoms with Crippen molar-refractivity contribution >= 4 is 5.69 Å². The molecule has 0 saturated carbocycles. The second kappa shape index (κ2) is 7.20. The fourth-order valence-corrected chi connectivity index (χ4v) is 2.39. The Hall–Kier alpha value is -1.91. The zero-order valence-electron chi connectivity index (χ0n) is 13.4. The Morgan fingerprint density at radius 1 is 1.24 bits per heavy atom. The van der Waals surface area contributed by atoms with Gasteiger partial charge in [-0.05, 0) is 53.8 Å². The van der Waals surface area contributed by atoms with Crippen LogP contribution in [0.4, 0.5) is 5.69 Å². The minimum Gasteiger partial charge on any atom is -0.382 e. The Labute approximate surface area is 126 Å². The Kier molecular flexibility index (Phi) is 5.31. The van der Waals surface area contributed by atoms with Crippen LogP contribution in [0.2, 0.25) is 0 Å². The summed E-state index contributed by atoms with van der Waals surface area (Å²) in [5, 5.41) is 15.0. The summed E-state index contributed by atoms with van der Waals surface area (Å²) in [6.45, 7) is 8.93. The molecule has 0 spiro atoms. The third-order valence-electron chi connectivity index (χ3n) is 4.07. The number of hydrogen-bond acceptors (Lipinski definition) is 4. The molecule has 2 atom stereocenters. The standard InChI is InChI=1S/C16H25N5/c1-5-12(3)9-14(6-2)18-16-10-15(8-7-13(16)4)21-11-17-19-20-21/h7-8,10-12,14,18H,5-6,9H2,1-4H3. The molecule has 114 valence electrons. The van der Waals surface area contributed by atoms with Crippen LogP contribution in [0.25, 0.3) is 5.69 Å². The lowest BCUT2D eigenvalue weighted by Crippen LogP contribution is -2.21. The maximum atomic E-state index is 3.95. The van der Waals surface area contributed by atoms with Gasteiger partial charge >= 0.3 is 0 Å². The third kappa shape index (κ3) is 4.03. The summed E-state index contributed by atoms with van der Waals surface area (Å²) in [5.41, 5.74) is 3.39. The second-order valence-corrected chi connectivity index (χ2v) is 5.75. The summed E-state index contributed by atoms with van der Waals surface area (Å²) in [6.07, 6.45) is 5.16. The first kappa shape index (κ1) is 15.5. The van der Waals surface area contributed by atoms with Crippen LogP contribution in [0.1, 0.15) is 45.6 Å². The lowest BCUT2D eigenvalue weighted by molar-refractivity contribution is 0.461. The SMILES string of the molecule is CCC(C)CC(CC)Nc1cc(-n2cnnn2)ccc1C. The van der Waals surface area contributed by atoms with Crippen LogP contribution in [0.15, 0.2) is 24.5 Å². The van der Waals surface area contributed by atoms with Gasteiger partial charge in [-0.15, -0.1) is 5.10 Å². The molecule has 1 aromatic heterocycles. The van der Waals surface area contributed by atoms with E-state index >= 15 is 0 Å². The Bertz CT molecular complexity index is 550. The summed E-state index contributed by atoms with van der Waals surface area (Å²) in [4.78, 5) is 0. The Morgan fingerprint density at radius 3 is 2.67 bits per heavy atom. The van der Waals surface area contributed by atoms with Gasteiger partial charge in [0.2, 0.25) is 0 Å². The summed E-state index contributed by atoms with van der Waals surface area (Å²) in [7, 11) is 0. The molecule has 0 aliphatic rings. The van der Waals surface area contributed by atoms with Crippen LogP contribution >= 0.6 is 0 Å². The van der Waals surface area contributed by atoms with Crippen LogP contribution in [0.5, 0.6) is 0 Å². The highest BCUT2D eigenvalue weighted by molar-refractivity contribution is 5.57. The van der Waals surface area contributed by atoms with Gasteiger partial charge < -0.3 is 5.32 Å². The minimum atomic E-state index is 0.503.